The molecule has 0 saturated heterocycles. The first-order valence-corrected chi connectivity index (χ1v) is 7.76. The molecule has 0 atom stereocenters. The first-order valence-electron chi connectivity index (χ1n) is 7.76. The summed E-state index contributed by atoms with van der Waals surface area (Å²) < 4.78 is 19.7. The lowest BCUT2D eigenvalue weighted by Crippen LogP contribution is -2.04. The molecule has 0 amide bonds. The van der Waals surface area contributed by atoms with Crippen LogP contribution in [0, 0.1) is 5.82 Å². The second kappa shape index (κ2) is 7.55. The summed E-state index contributed by atoms with van der Waals surface area (Å²) in [6.07, 6.45) is 0.167. The van der Waals surface area contributed by atoms with Crippen LogP contribution in [0.25, 0.3) is 0 Å². The molecule has 0 bridgehead atoms. The van der Waals surface area contributed by atoms with E-state index in [9.17, 15) is 9.18 Å². The lowest BCUT2D eigenvalue weighted by Gasteiger charge is -2.09. The van der Waals surface area contributed by atoms with Crippen molar-refractivity contribution in [1.82, 2.24) is 0 Å². The molecular formula is C21H17FO2. The third-order valence-corrected chi connectivity index (χ3v) is 3.69. The highest BCUT2D eigenvalue weighted by atomic mass is 19.1. The number of carbonyl (C=O) groups is 1. The van der Waals surface area contributed by atoms with E-state index in [1.54, 1.807) is 24.3 Å². The van der Waals surface area contributed by atoms with Crippen LogP contribution in [0.3, 0.4) is 0 Å². The number of hydrogen-bond acceptors (Lipinski definition) is 2. The van der Waals surface area contributed by atoms with Gasteiger partial charge in [0, 0.05) is 12.0 Å². The van der Waals surface area contributed by atoms with Crippen molar-refractivity contribution in [3.63, 3.8) is 0 Å². The van der Waals surface area contributed by atoms with Crippen molar-refractivity contribution in [1.29, 1.82) is 0 Å². The molecule has 0 radical (unpaired) electrons. The van der Waals surface area contributed by atoms with E-state index in [1.807, 2.05) is 48.5 Å². The Balaban J connectivity index is 1.65. The largest absolute Gasteiger partial charge is 0.486 e. The maximum atomic E-state index is 14.2. The number of halogens is 1. The van der Waals surface area contributed by atoms with Gasteiger partial charge in [0.25, 0.3) is 0 Å². The van der Waals surface area contributed by atoms with Crippen LogP contribution >= 0.6 is 0 Å². The van der Waals surface area contributed by atoms with Gasteiger partial charge in [-0.1, -0.05) is 66.7 Å². The molecule has 0 aliphatic rings. The third-order valence-electron chi connectivity index (χ3n) is 3.69. The Labute approximate surface area is 140 Å². The van der Waals surface area contributed by atoms with E-state index in [-0.39, 0.29) is 18.0 Å². The minimum absolute atomic E-state index is 0.0343. The molecule has 3 aromatic carbocycles. The molecular weight excluding hydrogens is 303 g/mol. The number of carbonyl (C=O) groups excluding carboxylic acids is 1. The molecule has 24 heavy (non-hydrogen) atoms. The molecule has 0 N–H and O–H groups in total. The Bertz CT molecular complexity index is 814. The van der Waals surface area contributed by atoms with E-state index >= 15 is 0 Å². The highest BCUT2D eigenvalue weighted by molar-refractivity contribution is 5.97. The van der Waals surface area contributed by atoms with Crippen molar-refractivity contribution in [2.45, 2.75) is 13.0 Å². The highest BCUT2D eigenvalue weighted by Gasteiger charge is 2.10. The predicted octanol–water partition coefficient (Wildman–Crippen LogP) is 4.83. The fourth-order valence-electron chi connectivity index (χ4n) is 2.42. The summed E-state index contributed by atoms with van der Waals surface area (Å²) >= 11 is 0. The Kier molecular flexibility index (Phi) is 5.02. The quantitative estimate of drug-likeness (QED) is 0.608. The van der Waals surface area contributed by atoms with E-state index in [0.29, 0.717) is 17.7 Å². The van der Waals surface area contributed by atoms with Gasteiger partial charge < -0.3 is 4.74 Å². The molecule has 3 rings (SSSR count). The topological polar surface area (TPSA) is 26.3 Å². The number of ether oxygens (including phenoxy) is 1. The maximum absolute atomic E-state index is 14.2. The van der Waals surface area contributed by atoms with Crippen LogP contribution in [0.1, 0.15) is 21.5 Å². The van der Waals surface area contributed by atoms with Gasteiger partial charge in [0.15, 0.2) is 17.3 Å². The normalized spacial score (nSPS) is 10.4. The summed E-state index contributed by atoms with van der Waals surface area (Å²) in [5, 5.41) is 0. The standard InChI is InChI=1S/C21H17FO2/c22-19-13-17(14-20(23)18-9-5-2-6-10-18)11-12-21(19)24-15-16-7-3-1-4-8-16/h1-13H,14-15H2. The summed E-state index contributed by atoms with van der Waals surface area (Å²) in [6.45, 7) is 0.306. The number of ketones is 1. The average molecular weight is 320 g/mol. The summed E-state index contributed by atoms with van der Waals surface area (Å²) in [7, 11) is 0. The van der Waals surface area contributed by atoms with Gasteiger partial charge in [-0.15, -0.1) is 0 Å². The lowest BCUT2D eigenvalue weighted by atomic mass is 10.0. The van der Waals surface area contributed by atoms with Crippen LogP contribution in [-0.2, 0) is 13.0 Å². The number of rotatable bonds is 6. The van der Waals surface area contributed by atoms with E-state index in [4.69, 9.17) is 4.74 Å². The van der Waals surface area contributed by atoms with Crippen LogP contribution in [0.4, 0.5) is 4.39 Å². The van der Waals surface area contributed by atoms with Gasteiger partial charge in [-0.25, -0.2) is 4.39 Å². The summed E-state index contributed by atoms with van der Waals surface area (Å²) in [5.74, 6) is -0.299. The Hall–Kier alpha value is -2.94. The van der Waals surface area contributed by atoms with Crippen molar-refractivity contribution in [3.8, 4) is 5.75 Å². The zero-order chi connectivity index (χ0) is 16.8. The van der Waals surface area contributed by atoms with Crippen molar-refractivity contribution in [3.05, 3.63) is 101 Å². The number of benzene rings is 3. The molecule has 2 nitrogen and oxygen atoms in total. The number of Topliss-reactive ketones (excluding diaryl/α,β-unsaturated/α-hetero) is 1. The van der Waals surface area contributed by atoms with Crippen LogP contribution in [0.5, 0.6) is 5.75 Å². The van der Waals surface area contributed by atoms with Gasteiger partial charge in [-0.05, 0) is 23.3 Å². The predicted molar refractivity (Wildman–Crippen MR) is 91.7 cm³/mol. The van der Waals surface area contributed by atoms with Crippen molar-refractivity contribution < 1.29 is 13.9 Å². The molecule has 0 aromatic heterocycles. The molecule has 0 heterocycles. The average Bonchev–Trinajstić information content (AvgIpc) is 2.62. The molecule has 0 spiro atoms. The summed E-state index contributed by atoms with van der Waals surface area (Å²) in [4.78, 5) is 12.2. The minimum Gasteiger partial charge on any atom is -0.486 e. The van der Waals surface area contributed by atoms with Gasteiger partial charge in [0.1, 0.15) is 6.61 Å². The van der Waals surface area contributed by atoms with Crippen LogP contribution in [-0.4, -0.2) is 5.78 Å². The molecule has 3 heteroatoms. The Morgan fingerprint density at radius 3 is 2.17 bits per heavy atom. The van der Waals surface area contributed by atoms with Crippen molar-refractivity contribution in [2.75, 3.05) is 0 Å². The van der Waals surface area contributed by atoms with Crippen molar-refractivity contribution in [2.24, 2.45) is 0 Å². The maximum Gasteiger partial charge on any atom is 0.167 e. The molecule has 0 fully saturated rings. The Morgan fingerprint density at radius 1 is 0.833 bits per heavy atom. The monoisotopic (exact) mass is 320 g/mol. The smallest absolute Gasteiger partial charge is 0.167 e. The fraction of sp³-hybridized carbons (Fsp3) is 0.0952. The zero-order valence-corrected chi connectivity index (χ0v) is 13.1. The van der Waals surface area contributed by atoms with Gasteiger partial charge in [0.05, 0.1) is 0 Å². The highest BCUT2D eigenvalue weighted by Crippen LogP contribution is 2.20. The van der Waals surface area contributed by atoms with Gasteiger partial charge >= 0.3 is 0 Å². The second-order valence-corrected chi connectivity index (χ2v) is 5.51. The molecule has 120 valence electrons. The molecule has 0 unspecified atom stereocenters. The van der Waals surface area contributed by atoms with E-state index in [0.717, 1.165) is 5.56 Å². The van der Waals surface area contributed by atoms with Gasteiger partial charge in [-0.3, -0.25) is 4.79 Å². The Morgan fingerprint density at radius 2 is 1.50 bits per heavy atom. The van der Waals surface area contributed by atoms with E-state index in [2.05, 4.69) is 0 Å². The van der Waals surface area contributed by atoms with Crippen LogP contribution in [0.15, 0.2) is 78.9 Å². The summed E-state index contributed by atoms with van der Waals surface area (Å²) in [6, 6.07) is 23.3. The number of hydrogen-bond donors (Lipinski definition) is 0. The van der Waals surface area contributed by atoms with E-state index < -0.39 is 5.82 Å². The van der Waals surface area contributed by atoms with Crippen LogP contribution < -0.4 is 4.74 Å². The van der Waals surface area contributed by atoms with E-state index in [1.165, 1.54) is 6.07 Å². The molecule has 0 aliphatic heterocycles. The van der Waals surface area contributed by atoms with Crippen LogP contribution in [0.2, 0.25) is 0 Å². The second-order valence-electron chi connectivity index (χ2n) is 5.51. The van der Waals surface area contributed by atoms with Gasteiger partial charge in [-0.2, -0.15) is 0 Å². The molecule has 0 saturated carbocycles. The SMILES string of the molecule is O=C(Cc1ccc(OCc2ccccc2)c(F)c1)c1ccccc1. The molecule has 3 aromatic rings. The van der Waals surface area contributed by atoms with Crippen molar-refractivity contribution >= 4 is 5.78 Å². The fourth-order valence-corrected chi connectivity index (χ4v) is 2.42. The summed E-state index contributed by atoms with van der Waals surface area (Å²) in [5.41, 5.74) is 2.23. The first-order chi connectivity index (χ1) is 11.7. The molecule has 0 aliphatic carbocycles. The first kappa shape index (κ1) is 15.9. The third kappa shape index (κ3) is 4.07. The lowest BCUT2D eigenvalue weighted by molar-refractivity contribution is 0.0993. The minimum atomic E-state index is -0.454. The zero-order valence-electron chi connectivity index (χ0n) is 13.1. The van der Waals surface area contributed by atoms with Gasteiger partial charge in [0.2, 0.25) is 0 Å².